The molecule has 1 saturated heterocycles. The van der Waals surface area contributed by atoms with Crippen LogP contribution in [0.3, 0.4) is 0 Å². The second-order valence-electron chi connectivity index (χ2n) is 6.88. The topological polar surface area (TPSA) is 82.1 Å². The van der Waals surface area contributed by atoms with Gasteiger partial charge in [0, 0.05) is 26.7 Å². The molecule has 1 aliphatic heterocycles. The fourth-order valence-corrected chi connectivity index (χ4v) is 4.24. The van der Waals surface area contributed by atoms with Gasteiger partial charge in [0.1, 0.15) is 6.61 Å². The van der Waals surface area contributed by atoms with Crippen LogP contribution in [0.1, 0.15) is 43.7 Å². The number of aromatic nitrogens is 5. The highest BCUT2D eigenvalue weighted by atomic mass is 16.5. The molecule has 0 amide bonds. The number of ether oxygens (including phenoxy) is 1. The Bertz CT molecular complexity index is 726. The molecule has 2 aliphatic rings. The summed E-state index contributed by atoms with van der Waals surface area (Å²) in [5, 5.41) is 12.7. The third kappa shape index (κ3) is 2.31. The monoisotopic (exact) mass is 332 g/mol. The molecule has 8 heteroatoms. The van der Waals surface area contributed by atoms with Crippen molar-refractivity contribution < 1.29 is 9.26 Å². The normalized spacial score (nSPS) is 26.3. The Morgan fingerprint density at radius 1 is 1.38 bits per heavy atom. The zero-order chi connectivity index (χ0) is 16.7. The van der Waals surface area contributed by atoms with Gasteiger partial charge in [-0.15, -0.1) is 10.2 Å². The van der Waals surface area contributed by atoms with Crippen molar-refractivity contribution in [2.45, 2.75) is 45.1 Å². The Morgan fingerprint density at radius 3 is 3.00 bits per heavy atom. The van der Waals surface area contributed by atoms with Gasteiger partial charge in [-0.3, -0.25) is 4.57 Å². The standard InChI is InChI=1S/C16H24N6O2/c1-4-23-9-13-18-19-15(21(13)3)22-8-12-6-5-7-16(12,10-22)14-17-11(2)20-24-14/h12H,4-10H2,1-3H3/t12-,16-/m0/s1. The van der Waals surface area contributed by atoms with Gasteiger partial charge in [0.25, 0.3) is 0 Å². The Hall–Kier alpha value is -1.96. The van der Waals surface area contributed by atoms with Crippen molar-refractivity contribution in [1.82, 2.24) is 24.9 Å². The molecule has 0 bridgehead atoms. The fraction of sp³-hybridized carbons (Fsp3) is 0.750. The van der Waals surface area contributed by atoms with Gasteiger partial charge in [0.15, 0.2) is 11.6 Å². The molecule has 0 unspecified atom stereocenters. The van der Waals surface area contributed by atoms with E-state index >= 15 is 0 Å². The van der Waals surface area contributed by atoms with Gasteiger partial charge in [0.05, 0.1) is 5.41 Å². The minimum Gasteiger partial charge on any atom is -0.374 e. The highest BCUT2D eigenvalue weighted by Crippen LogP contribution is 2.50. The van der Waals surface area contributed by atoms with E-state index in [1.54, 1.807) is 0 Å². The van der Waals surface area contributed by atoms with Crippen LogP contribution >= 0.6 is 0 Å². The summed E-state index contributed by atoms with van der Waals surface area (Å²) in [5.41, 5.74) is -0.0344. The number of hydrogen-bond donors (Lipinski definition) is 0. The summed E-state index contributed by atoms with van der Waals surface area (Å²) in [5.74, 6) is 3.79. The van der Waals surface area contributed by atoms with E-state index in [-0.39, 0.29) is 5.41 Å². The van der Waals surface area contributed by atoms with Crippen LogP contribution in [0.5, 0.6) is 0 Å². The maximum Gasteiger partial charge on any atom is 0.234 e. The molecule has 1 aliphatic carbocycles. The Labute approximate surface area is 141 Å². The molecule has 130 valence electrons. The first kappa shape index (κ1) is 15.6. The third-order valence-electron chi connectivity index (χ3n) is 5.48. The average molecular weight is 332 g/mol. The number of anilines is 1. The number of hydrogen-bond acceptors (Lipinski definition) is 7. The van der Waals surface area contributed by atoms with Crippen molar-refractivity contribution in [2.75, 3.05) is 24.6 Å². The highest BCUT2D eigenvalue weighted by Gasteiger charge is 2.54. The van der Waals surface area contributed by atoms with Crippen molar-refractivity contribution in [2.24, 2.45) is 13.0 Å². The van der Waals surface area contributed by atoms with Crippen LogP contribution in [0.4, 0.5) is 5.95 Å². The minimum absolute atomic E-state index is 0.0344. The lowest BCUT2D eigenvalue weighted by Gasteiger charge is -2.24. The molecule has 2 fully saturated rings. The third-order valence-corrected chi connectivity index (χ3v) is 5.48. The molecule has 4 rings (SSSR count). The van der Waals surface area contributed by atoms with Gasteiger partial charge >= 0.3 is 0 Å². The number of rotatable bonds is 5. The van der Waals surface area contributed by atoms with Crippen molar-refractivity contribution in [3.63, 3.8) is 0 Å². The smallest absolute Gasteiger partial charge is 0.234 e. The summed E-state index contributed by atoms with van der Waals surface area (Å²) < 4.78 is 13.1. The molecular weight excluding hydrogens is 308 g/mol. The lowest BCUT2D eigenvalue weighted by molar-refractivity contribution is 0.126. The van der Waals surface area contributed by atoms with Crippen LogP contribution < -0.4 is 4.90 Å². The summed E-state index contributed by atoms with van der Waals surface area (Å²) >= 11 is 0. The molecule has 1 saturated carbocycles. The van der Waals surface area contributed by atoms with Crippen LogP contribution in [-0.2, 0) is 23.8 Å². The van der Waals surface area contributed by atoms with Gasteiger partial charge in [-0.2, -0.15) is 4.98 Å². The van der Waals surface area contributed by atoms with E-state index in [4.69, 9.17) is 9.26 Å². The second kappa shape index (κ2) is 5.84. The molecule has 3 heterocycles. The lowest BCUT2D eigenvalue weighted by Crippen LogP contribution is -2.33. The highest BCUT2D eigenvalue weighted by molar-refractivity contribution is 5.38. The van der Waals surface area contributed by atoms with E-state index in [1.165, 1.54) is 12.8 Å². The van der Waals surface area contributed by atoms with E-state index in [2.05, 4.69) is 25.2 Å². The number of nitrogens with zero attached hydrogens (tertiary/aromatic N) is 6. The quantitative estimate of drug-likeness (QED) is 0.822. The van der Waals surface area contributed by atoms with E-state index in [9.17, 15) is 0 Å². The van der Waals surface area contributed by atoms with Crippen LogP contribution in [0, 0.1) is 12.8 Å². The Kier molecular flexibility index (Phi) is 3.79. The lowest BCUT2D eigenvalue weighted by atomic mass is 9.80. The Balaban J connectivity index is 1.60. The first-order chi connectivity index (χ1) is 11.6. The number of fused-ring (bicyclic) bond motifs is 1. The summed E-state index contributed by atoms with van der Waals surface area (Å²) in [4.78, 5) is 6.87. The number of aryl methyl sites for hydroxylation is 1. The molecule has 8 nitrogen and oxygen atoms in total. The summed E-state index contributed by atoms with van der Waals surface area (Å²) in [7, 11) is 2.00. The molecule has 2 atom stereocenters. The predicted octanol–water partition coefficient (Wildman–Crippen LogP) is 1.60. The zero-order valence-electron chi connectivity index (χ0n) is 14.5. The second-order valence-corrected chi connectivity index (χ2v) is 6.88. The molecule has 0 spiro atoms. The average Bonchev–Trinajstić information content (AvgIpc) is 3.28. The molecule has 2 aromatic heterocycles. The van der Waals surface area contributed by atoms with Gasteiger partial charge in [0.2, 0.25) is 11.8 Å². The van der Waals surface area contributed by atoms with Gasteiger partial charge in [-0.25, -0.2) is 0 Å². The van der Waals surface area contributed by atoms with Crippen molar-refractivity contribution in [3.8, 4) is 0 Å². The molecular formula is C16H24N6O2. The minimum atomic E-state index is -0.0344. The molecule has 0 radical (unpaired) electrons. The zero-order valence-corrected chi connectivity index (χ0v) is 14.5. The van der Waals surface area contributed by atoms with Crippen LogP contribution in [-0.4, -0.2) is 44.6 Å². The fourth-order valence-electron chi connectivity index (χ4n) is 4.24. The first-order valence-electron chi connectivity index (χ1n) is 8.66. The predicted molar refractivity (Wildman–Crippen MR) is 86.6 cm³/mol. The van der Waals surface area contributed by atoms with E-state index in [0.717, 1.165) is 37.2 Å². The Morgan fingerprint density at radius 2 is 2.25 bits per heavy atom. The van der Waals surface area contributed by atoms with Gasteiger partial charge in [-0.05, 0) is 32.6 Å². The first-order valence-corrected chi connectivity index (χ1v) is 8.66. The summed E-state index contributed by atoms with van der Waals surface area (Å²) in [6.07, 6.45) is 3.51. The van der Waals surface area contributed by atoms with E-state index < -0.39 is 0 Å². The van der Waals surface area contributed by atoms with Crippen LogP contribution in [0.25, 0.3) is 0 Å². The van der Waals surface area contributed by atoms with E-state index in [0.29, 0.717) is 25.0 Å². The molecule has 0 N–H and O–H groups in total. The molecule has 24 heavy (non-hydrogen) atoms. The maximum atomic E-state index is 5.58. The molecule has 2 aromatic rings. The van der Waals surface area contributed by atoms with Gasteiger partial charge in [-0.1, -0.05) is 11.6 Å². The van der Waals surface area contributed by atoms with Crippen molar-refractivity contribution >= 4 is 5.95 Å². The largest absolute Gasteiger partial charge is 0.374 e. The van der Waals surface area contributed by atoms with Crippen LogP contribution in [0.2, 0.25) is 0 Å². The SMILES string of the molecule is CCOCc1nnc(N2C[C@@H]3CCC[C@]3(c3nc(C)no3)C2)n1C. The summed E-state index contributed by atoms with van der Waals surface area (Å²) in [6, 6.07) is 0. The maximum absolute atomic E-state index is 5.58. The van der Waals surface area contributed by atoms with E-state index in [1.807, 2.05) is 25.5 Å². The van der Waals surface area contributed by atoms with Crippen molar-refractivity contribution in [1.29, 1.82) is 0 Å². The van der Waals surface area contributed by atoms with Crippen LogP contribution in [0.15, 0.2) is 4.52 Å². The summed E-state index contributed by atoms with van der Waals surface area (Å²) in [6.45, 7) is 6.85. The van der Waals surface area contributed by atoms with Crippen molar-refractivity contribution in [3.05, 3.63) is 17.5 Å². The molecule has 0 aromatic carbocycles. The van der Waals surface area contributed by atoms with Gasteiger partial charge < -0.3 is 14.2 Å².